The minimum Gasteiger partial charge on any atom is -0.374 e. The van der Waals surface area contributed by atoms with Crippen LogP contribution in [0, 0.1) is 0 Å². The molecule has 1 rings (SSSR count). The second-order valence-corrected chi connectivity index (χ2v) is 2.08. The van der Waals surface area contributed by atoms with Gasteiger partial charge in [-0.15, -0.1) is 0 Å². The fourth-order valence-corrected chi connectivity index (χ4v) is 0.969. The van der Waals surface area contributed by atoms with Gasteiger partial charge in [-0.25, -0.2) is 0 Å². The van der Waals surface area contributed by atoms with Gasteiger partial charge in [0.1, 0.15) is 0 Å². The summed E-state index contributed by atoms with van der Waals surface area (Å²) in [5.41, 5.74) is 0. The highest BCUT2D eigenvalue weighted by atomic mass is 16.5. The van der Waals surface area contributed by atoms with Crippen molar-refractivity contribution in [2.45, 2.75) is 25.9 Å². The average Bonchev–Trinajstić information content (AvgIpc) is 2.19. The van der Waals surface area contributed by atoms with Crippen LogP contribution >= 0.6 is 0 Å². The highest BCUT2D eigenvalue weighted by Crippen LogP contribution is 2.12. The molecule has 1 fully saturated rings. The van der Waals surface area contributed by atoms with E-state index < -0.39 is 0 Å². The molecule has 0 N–H and O–H groups in total. The number of hydrogen-bond donors (Lipinski definition) is 0. The van der Waals surface area contributed by atoms with Gasteiger partial charge in [-0.2, -0.15) is 0 Å². The van der Waals surface area contributed by atoms with E-state index >= 15 is 0 Å². The van der Waals surface area contributed by atoms with Gasteiger partial charge >= 0.3 is 0 Å². The van der Waals surface area contributed by atoms with E-state index in [4.69, 9.17) is 4.74 Å². The van der Waals surface area contributed by atoms with E-state index in [0.29, 0.717) is 6.10 Å². The van der Waals surface area contributed by atoms with Gasteiger partial charge in [0.15, 0.2) is 0 Å². The van der Waals surface area contributed by atoms with Crippen LogP contribution in [-0.2, 0) is 4.74 Å². The van der Waals surface area contributed by atoms with Crippen LogP contribution in [0.5, 0.6) is 0 Å². The summed E-state index contributed by atoms with van der Waals surface area (Å²) in [6, 6.07) is 0. The lowest BCUT2D eigenvalue weighted by Gasteiger charge is -1.98. The van der Waals surface area contributed by atoms with Gasteiger partial charge in [-0.3, -0.25) is 0 Å². The summed E-state index contributed by atoms with van der Waals surface area (Å²) < 4.78 is 5.31. The van der Waals surface area contributed by atoms with Crippen LogP contribution in [0.15, 0.2) is 12.2 Å². The number of ether oxygens (including phenoxy) is 1. The highest BCUT2D eigenvalue weighted by molar-refractivity contribution is 4.88. The van der Waals surface area contributed by atoms with Crippen LogP contribution in [0.2, 0.25) is 0 Å². The Hall–Kier alpha value is -0.300. The topological polar surface area (TPSA) is 9.23 Å². The Labute approximate surface area is 50.3 Å². The van der Waals surface area contributed by atoms with Crippen molar-refractivity contribution in [3.8, 4) is 0 Å². The van der Waals surface area contributed by atoms with Crippen molar-refractivity contribution < 1.29 is 4.74 Å². The molecule has 0 spiro atoms. The van der Waals surface area contributed by atoms with Gasteiger partial charge in [0.2, 0.25) is 0 Å². The lowest BCUT2D eigenvalue weighted by atomic mass is 10.2. The van der Waals surface area contributed by atoms with E-state index in [1.807, 2.05) is 6.92 Å². The van der Waals surface area contributed by atoms with Crippen molar-refractivity contribution in [1.82, 2.24) is 0 Å². The van der Waals surface area contributed by atoms with E-state index in [0.717, 1.165) is 6.61 Å². The van der Waals surface area contributed by atoms with Gasteiger partial charge in [-0.05, 0) is 19.8 Å². The zero-order chi connectivity index (χ0) is 5.82. The molecule has 0 radical (unpaired) electrons. The summed E-state index contributed by atoms with van der Waals surface area (Å²) in [5, 5.41) is 0. The maximum absolute atomic E-state index is 5.31. The van der Waals surface area contributed by atoms with E-state index in [9.17, 15) is 0 Å². The lowest BCUT2D eigenvalue weighted by Crippen LogP contribution is -1.97. The molecule has 0 amide bonds. The van der Waals surface area contributed by atoms with Crippen LogP contribution < -0.4 is 0 Å². The van der Waals surface area contributed by atoms with Gasteiger partial charge in [0.25, 0.3) is 0 Å². The van der Waals surface area contributed by atoms with Crippen molar-refractivity contribution in [2.24, 2.45) is 0 Å². The van der Waals surface area contributed by atoms with Gasteiger partial charge in [0, 0.05) is 6.61 Å². The number of rotatable bonds is 1. The third kappa shape index (κ3) is 1.34. The maximum atomic E-state index is 5.31. The molecule has 46 valence electrons. The third-order valence-electron chi connectivity index (χ3n) is 1.37. The van der Waals surface area contributed by atoms with Crippen molar-refractivity contribution in [2.75, 3.05) is 6.61 Å². The minimum absolute atomic E-state index is 0.431. The molecule has 1 unspecified atom stereocenters. The van der Waals surface area contributed by atoms with E-state index in [1.54, 1.807) is 0 Å². The molecular formula is C7H12O. The second-order valence-electron chi connectivity index (χ2n) is 2.08. The first-order chi connectivity index (χ1) is 3.93. The van der Waals surface area contributed by atoms with Gasteiger partial charge < -0.3 is 4.74 Å². The quantitative estimate of drug-likeness (QED) is 0.469. The van der Waals surface area contributed by atoms with E-state index in [1.165, 1.54) is 12.8 Å². The summed E-state index contributed by atoms with van der Waals surface area (Å²) in [6.45, 7) is 2.98. The molecule has 1 heterocycles. The molecule has 0 aliphatic carbocycles. The van der Waals surface area contributed by atoms with Crippen molar-refractivity contribution in [1.29, 1.82) is 0 Å². The zero-order valence-corrected chi connectivity index (χ0v) is 5.26. The molecule has 1 atom stereocenters. The lowest BCUT2D eigenvalue weighted by molar-refractivity contribution is 0.145. The summed E-state index contributed by atoms with van der Waals surface area (Å²) in [6.07, 6.45) is 7.04. The molecule has 0 saturated carbocycles. The molecule has 0 bridgehead atoms. The minimum atomic E-state index is 0.431. The first kappa shape index (κ1) is 5.83. The Morgan fingerprint density at radius 1 is 1.62 bits per heavy atom. The first-order valence-corrected chi connectivity index (χ1v) is 3.18. The largest absolute Gasteiger partial charge is 0.374 e. The summed E-state index contributed by atoms with van der Waals surface area (Å²) in [5.74, 6) is 0. The molecular weight excluding hydrogens is 100 g/mol. The van der Waals surface area contributed by atoms with Crippen LogP contribution in [0.4, 0.5) is 0 Å². The van der Waals surface area contributed by atoms with E-state index in [-0.39, 0.29) is 0 Å². The molecule has 1 heteroatoms. The molecule has 1 saturated heterocycles. The monoisotopic (exact) mass is 112 g/mol. The fourth-order valence-electron chi connectivity index (χ4n) is 0.969. The molecule has 0 aromatic carbocycles. The smallest absolute Gasteiger partial charge is 0.0756 e. The second kappa shape index (κ2) is 2.88. The molecule has 1 aliphatic heterocycles. The average molecular weight is 112 g/mol. The first-order valence-electron chi connectivity index (χ1n) is 3.18. The molecule has 1 aliphatic rings. The fraction of sp³-hybridized carbons (Fsp3) is 0.714. The SMILES string of the molecule is C/C=C/C1CCCO1. The molecule has 0 aromatic rings. The molecule has 0 aromatic heterocycles. The van der Waals surface area contributed by atoms with Crippen LogP contribution in [0.3, 0.4) is 0 Å². The Balaban J connectivity index is 2.24. The van der Waals surface area contributed by atoms with E-state index in [2.05, 4.69) is 12.2 Å². The van der Waals surface area contributed by atoms with Crippen molar-refractivity contribution in [3.63, 3.8) is 0 Å². The summed E-state index contributed by atoms with van der Waals surface area (Å²) >= 11 is 0. The number of allylic oxidation sites excluding steroid dienone is 1. The van der Waals surface area contributed by atoms with Gasteiger partial charge in [-0.1, -0.05) is 12.2 Å². The molecule has 8 heavy (non-hydrogen) atoms. The predicted molar refractivity (Wildman–Crippen MR) is 33.8 cm³/mol. The normalized spacial score (nSPS) is 29.9. The Morgan fingerprint density at radius 3 is 3.00 bits per heavy atom. The van der Waals surface area contributed by atoms with Crippen LogP contribution in [0.25, 0.3) is 0 Å². The van der Waals surface area contributed by atoms with Gasteiger partial charge in [0.05, 0.1) is 6.10 Å². The zero-order valence-electron chi connectivity index (χ0n) is 5.26. The summed E-state index contributed by atoms with van der Waals surface area (Å²) in [7, 11) is 0. The Kier molecular flexibility index (Phi) is 2.10. The maximum Gasteiger partial charge on any atom is 0.0756 e. The standard InChI is InChI=1S/C7H12O/c1-2-4-7-5-3-6-8-7/h2,4,7H,3,5-6H2,1H3/b4-2+. The van der Waals surface area contributed by atoms with Crippen LogP contribution in [0.1, 0.15) is 19.8 Å². The number of hydrogen-bond acceptors (Lipinski definition) is 1. The van der Waals surface area contributed by atoms with Crippen molar-refractivity contribution in [3.05, 3.63) is 12.2 Å². The Morgan fingerprint density at radius 2 is 2.50 bits per heavy atom. The predicted octanol–water partition coefficient (Wildman–Crippen LogP) is 1.74. The van der Waals surface area contributed by atoms with Crippen LogP contribution in [-0.4, -0.2) is 12.7 Å². The summed E-state index contributed by atoms with van der Waals surface area (Å²) in [4.78, 5) is 0. The third-order valence-corrected chi connectivity index (χ3v) is 1.37. The highest BCUT2D eigenvalue weighted by Gasteiger charge is 2.10. The Bertz CT molecular complexity index is 80.4. The molecule has 1 nitrogen and oxygen atoms in total. The van der Waals surface area contributed by atoms with Crippen molar-refractivity contribution >= 4 is 0 Å².